The third-order valence-electron chi connectivity index (χ3n) is 11.6. The van der Waals surface area contributed by atoms with Gasteiger partial charge in [0.05, 0.1) is 50.1 Å². The number of methoxy groups -OCH3 is 2. The van der Waals surface area contributed by atoms with E-state index >= 15 is 0 Å². The number of hydrogen-bond acceptors (Lipinski definition) is 12. The van der Waals surface area contributed by atoms with Crippen molar-refractivity contribution in [1.29, 1.82) is 0 Å². The third-order valence-corrected chi connectivity index (χ3v) is 11.6. The molecule has 4 atom stereocenters. The van der Waals surface area contributed by atoms with Gasteiger partial charge in [0, 0.05) is 35.3 Å². The fraction of sp³-hybridized carbons (Fsp3) is 0.476. The van der Waals surface area contributed by atoms with Crippen LogP contribution < -0.4 is 29.6 Å². The van der Waals surface area contributed by atoms with Crippen LogP contribution in [0.4, 0.5) is 9.59 Å². The number of alkyl carbamates (subject to hydrolysis) is 2. The van der Waals surface area contributed by atoms with E-state index < -0.39 is 24.3 Å². The van der Waals surface area contributed by atoms with Gasteiger partial charge in [0.1, 0.15) is 23.7 Å². The maximum atomic E-state index is 13.7. The molecule has 0 radical (unpaired) electrons. The van der Waals surface area contributed by atoms with Gasteiger partial charge in [0.15, 0.2) is 23.0 Å². The molecule has 2 aromatic heterocycles. The Bertz CT molecular complexity index is 2130. The van der Waals surface area contributed by atoms with Crippen molar-refractivity contribution in [3.8, 4) is 56.6 Å². The minimum Gasteiger partial charge on any atom is -0.453 e. The first-order valence-electron chi connectivity index (χ1n) is 20.2. The molecular formula is C42H50N8O10. The van der Waals surface area contributed by atoms with Gasteiger partial charge in [-0.1, -0.05) is 27.7 Å². The third kappa shape index (κ3) is 7.38. The molecule has 4 aliphatic heterocycles. The average molecular weight is 827 g/mol. The van der Waals surface area contributed by atoms with Crippen LogP contribution in [-0.2, 0) is 19.1 Å². The molecule has 0 aliphatic carbocycles. The number of hydrogen-bond donors (Lipinski definition) is 4. The highest BCUT2D eigenvalue weighted by Crippen LogP contribution is 2.53. The van der Waals surface area contributed by atoms with Crippen molar-refractivity contribution >= 4 is 24.0 Å². The Kier molecular flexibility index (Phi) is 11.2. The summed E-state index contributed by atoms with van der Waals surface area (Å²) in [4.78, 5) is 71.3. The van der Waals surface area contributed by atoms with Crippen LogP contribution in [0.3, 0.4) is 0 Å². The molecule has 2 aromatic carbocycles. The topological polar surface area (TPSA) is 212 Å². The van der Waals surface area contributed by atoms with Crippen molar-refractivity contribution in [2.24, 2.45) is 11.8 Å². The largest absolute Gasteiger partial charge is 0.453 e. The number of benzene rings is 2. The Morgan fingerprint density at radius 2 is 1.00 bits per heavy atom. The summed E-state index contributed by atoms with van der Waals surface area (Å²) in [5, 5.41) is 5.38. The number of likely N-dealkylation sites (tertiary alicyclic amines) is 2. The van der Waals surface area contributed by atoms with Crippen LogP contribution in [0.5, 0.6) is 23.0 Å². The lowest BCUT2D eigenvalue weighted by Gasteiger charge is -2.30. The Morgan fingerprint density at radius 3 is 1.37 bits per heavy atom. The Labute approximate surface area is 346 Å². The van der Waals surface area contributed by atoms with Gasteiger partial charge >= 0.3 is 12.2 Å². The minimum atomic E-state index is -0.738. The summed E-state index contributed by atoms with van der Waals surface area (Å²) in [5.41, 5.74) is 4.37. The van der Waals surface area contributed by atoms with E-state index in [0.717, 1.165) is 47.9 Å². The monoisotopic (exact) mass is 826 g/mol. The first kappa shape index (κ1) is 40.3. The number of nitrogens with zero attached hydrogens (tertiary/aromatic N) is 4. The molecule has 18 heteroatoms. The standard InChI is InChI=1S/C42H50N8O10/c1-21(2)31(47-41(53)55-5)39(51)49-15-7-9-29(49)37-43-17-27(45-37)25-13-11-23(33-35(25)59-19-57-33)24-12-14-26(36-34(24)58-20-60-36)28-18-44-38(46-28)30-10-8-16-50(30)40(52)32(22(3)4)48-42(54)56-6/h11-14,17-18,21-22,29-32H,7-10,15-16,19-20H2,1-6H3,(H,43,45)(H,44,46)(H,47,53)(H,48,54)/t29-,30-,31-,32-/m0/s1. The lowest BCUT2D eigenvalue weighted by atomic mass is 9.97. The summed E-state index contributed by atoms with van der Waals surface area (Å²) in [7, 11) is 2.55. The predicted molar refractivity (Wildman–Crippen MR) is 215 cm³/mol. The lowest BCUT2D eigenvalue weighted by molar-refractivity contribution is -0.136. The highest BCUT2D eigenvalue weighted by Gasteiger charge is 2.40. The molecule has 4 aromatic rings. The molecule has 0 saturated carbocycles. The van der Waals surface area contributed by atoms with E-state index in [0.29, 0.717) is 59.1 Å². The normalized spacial score (nSPS) is 18.9. The number of aromatic nitrogens is 4. The van der Waals surface area contributed by atoms with Gasteiger partial charge in [-0.05, 0) is 61.8 Å². The SMILES string of the molecule is COC(=O)N[C@H](C(=O)N1CCC[C@H]1c1ncc(-c2ccc(-c3ccc(-c4cnc([C@@H]5CCCN5C(=O)[C@@H](NC(=O)OC)C(C)C)[nH]4)c4c3OCO4)c3c2OCO3)[nH]1)C(C)C. The molecule has 2 fully saturated rings. The maximum Gasteiger partial charge on any atom is 0.407 e. The molecule has 4 N–H and O–H groups in total. The summed E-state index contributed by atoms with van der Waals surface area (Å²) in [6, 6.07) is 5.68. The molecule has 2 saturated heterocycles. The number of fused-ring (bicyclic) bond motifs is 2. The van der Waals surface area contributed by atoms with Crippen molar-refractivity contribution < 1.29 is 47.6 Å². The zero-order valence-corrected chi connectivity index (χ0v) is 34.5. The zero-order valence-electron chi connectivity index (χ0n) is 34.5. The number of amides is 4. The number of carbonyl (C=O) groups excluding carboxylic acids is 4. The number of ether oxygens (including phenoxy) is 6. The molecule has 6 heterocycles. The number of carbonyl (C=O) groups is 4. The van der Waals surface area contributed by atoms with Gasteiger partial charge in [0.2, 0.25) is 25.4 Å². The highest BCUT2D eigenvalue weighted by molar-refractivity contribution is 5.90. The van der Waals surface area contributed by atoms with Crippen LogP contribution in [0.2, 0.25) is 0 Å². The van der Waals surface area contributed by atoms with E-state index in [1.165, 1.54) is 14.2 Å². The molecule has 0 bridgehead atoms. The average Bonchev–Trinajstić information content (AvgIpc) is 4.10. The van der Waals surface area contributed by atoms with E-state index in [2.05, 4.69) is 20.6 Å². The maximum absolute atomic E-state index is 13.7. The number of aromatic amines is 2. The second-order valence-electron chi connectivity index (χ2n) is 15.9. The molecule has 60 heavy (non-hydrogen) atoms. The first-order chi connectivity index (χ1) is 29.0. The molecule has 18 nitrogen and oxygen atoms in total. The van der Waals surface area contributed by atoms with Crippen LogP contribution in [-0.4, -0.2) is 107 Å². The van der Waals surface area contributed by atoms with E-state index in [1.807, 2.05) is 52.0 Å². The molecular weight excluding hydrogens is 777 g/mol. The van der Waals surface area contributed by atoms with Crippen molar-refractivity contribution in [2.75, 3.05) is 40.9 Å². The number of imidazole rings is 2. The van der Waals surface area contributed by atoms with Crippen LogP contribution in [0.1, 0.15) is 77.1 Å². The molecule has 4 amide bonds. The van der Waals surface area contributed by atoms with Crippen molar-refractivity contribution in [3.63, 3.8) is 0 Å². The fourth-order valence-electron chi connectivity index (χ4n) is 8.51. The Morgan fingerprint density at radius 1 is 0.633 bits per heavy atom. The quantitative estimate of drug-likeness (QED) is 0.144. The number of nitrogens with one attached hydrogen (secondary N) is 4. The first-order valence-corrected chi connectivity index (χ1v) is 20.2. The van der Waals surface area contributed by atoms with Crippen molar-refractivity contribution in [2.45, 2.75) is 77.5 Å². The van der Waals surface area contributed by atoms with Crippen LogP contribution in [0.25, 0.3) is 33.6 Å². The highest BCUT2D eigenvalue weighted by atomic mass is 16.7. The summed E-state index contributed by atoms with van der Waals surface area (Å²) >= 11 is 0. The Balaban J connectivity index is 1.04. The predicted octanol–water partition coefficient (Wildman–Crippen LogP) is 5.68. The number of H-pyrrole nitrogens is 2. The summed E-state index contributed by atoms with van der Waals surface area (Å²) in [6.45, 7) is 8.64. The molecule has 318 valence electrons. The lowest BCUT2D eigenvalue weighted by Crippen LogP contribution is -2.51. The van der Waals surface area contributed by atoms with Gasteiger partial charge in [0.25, 0.3) is 0 Å². The fourth-order valence-corrected chi connectivity index (χ4v) is 8.51. The van der Waals surface area contributed by atoms with E-state index in [-0.39, 0.29) is 49.3 Å². The van der Waals surface area contributed by atoms with Gasteiger partial charge in [-0.15, -0.1) is 0 Å². The van der Waals surface area contributed by atoms with Gasteiger partial charge in [-0.2, -0.15) is 0 Å². The zero-order chi connectivity index (χ0) is 42.2. The molecule has 0 unspecified atom stereocenters. The van der Waals surface area contributed by atoms with Crippen LogP contribution in [0.15, 0.2) is 36.7 Å². The van der Waals surface area contributed by atoms with E-state index in [1.54, 1.807) is 22.2 Å². The summed E-state index contributed by atoms with van der Waals surface area (Å²) in [6.07, 6.45) is 5.17. The summed E-state index contributed by atoms with van der Waals surface area (Å²) < 4.78 is 33.8. The van der Waals surface area contributed by atoms with E-state index in [9.17, 15) is 19.2 Å². The molecule has 4 aliphatic rings. The minimum absolute atomic E-state index is 0.0148. The van der Waals surface area contributed by atoms with Crippen LogP contribution >= 0.6 is 0 Å². The van der Waals surface area contributed by atoms with Crippen molar-refractivity contribution in [3.05, 3.63) is 48.3 Å². The second-order valence-corrected chi connectivity index (χ2v) is 15.9. The van der Waals surface area contributed by atoms with E-state index in [4.69, 9.17) is 38.4 Å². The second kappa shape index (κ2) is 16.7. The van der Waals surface area contributed by atoms with Crippen LogP contribution in [0, 0.1) is 11.8 Å². The molecule has 0 spiro atoms. The number of rotatable bonds is 11. The Hall–Kier alpha value is -6.46. The van der Waals surface area contributed by atoms with Crippen molar-refractivity contribution in [1.82, 2.24) is 40.4 Å². The summed E-state index contributed by atoms with van der Waals surface area (Å²) in [5.74, 6) is 2.76. The smallest absolute Gasteiger partial charge is 0.407 e. The van der Waals surface area contributed by atoms with Gasteiger partial charge in [-0.3, -0.25) is 9.59 Å². The van der Waals surface area contributed by atoms with Gasteiger partial charge in [-0.25, -0.2) is 19.6 Å². The molecule has 8 rings (SSSR count). The van der Waals surface area contributed by atoms with Gasteiger partial charge < -0.3 is 58.8 Å².